The first-order valence-electron chi connectivity index (χ1n) is 6.42. The summed E-state index contributed by atoms with van der Waals surface area (Å²) < 4.78 is 5.12. The van der Waals surface area contributed by atoms with Crippen molar-refractivity contribution < 1.29 is 19.4 Å². The summed E-state index contributed by atoms with van der Waals surface area (Å²) in [6, 6.07) is 0. The van der Waals surface area contributed by atoms with E-state index in [0.29, 0.717) is 19.6 Å². The van der Waals surface area contributed by atoms with Crippen LogP contribution in [-0.2, 0) is 14.3 Å². The van der Waals surface area contributed by atoms with Crippen LogP contribution in [0, 0.1) is 11.8 Å². The molecule has 3 unspecified atom stereocenters. The number of aliphatic carboxylic acids is 1. The van der Waals surface area contributed by atoms with Crippen molar-refractivity contribution in [3.63, 3.8) is 0 Å². The van der Waals surface area contributed by atoms with Gasteiger partial charge in [0.05, 0.1) is 6.61 Å². The van der Waals surface area contributed by atoms with Crippen LogP contribution in [0.25, 0.3) is 0 Å². The second-order valence-electron chi connectivity index (χ2n) is 5.21. The number of carbonyl (C=O) groups is 2. The number of carboxylic acid groups (broad SMARTS) is 1. The number of amides is 1. The van der Waals surface area contributed by atoms with E-state index in [0.717, 1.165) is 19.3 Å². The maximum absolute atomic E-state index is 12.2. The van der Waals surface area contributed by atoms with Gasteiger partial charge in [0.1, 0.15) is 0 Å². The quantitative estimate of drug-likeness (QED) is 0.642. The highest BCUT2D eigenvalue weighted by Crippen LogP contribution is 2.32. The molecular weight excluding hydrogens is 236 g/mol. The molecule has 0 spiro atoms. The van der Waals surface area contributed by atoms with E-state index in [4.69, 9.17) is 10.5 Å². The average molecular weight is 256 g/mol. The van der Waals surface area contributed by atoms with Gasteiger partial charge in [-0.05, 0) is 25.3 Å². The summed E-state index contributed by atoms with van der Waals surface area (Å²) >= 11 is 0. The lowest BCUT2D eigenvalue weighted by Gasteiger charge is -2.27. The molecule has 1 saturated carbocycles. The van der Waals surface area contributed by atoms with Gasteiger partial charge in [-0.1, -0.05) is 6.42 Å². The largest absolute Gasteiger partial charge is 0.479 e. The highest BCUT2D eigenvalue weighted by molar-refractivity contribution is 5.88. The van der Waals surface area contributed by atoms with E-state index in [-0.39, 0.29) is 24.3 Å². The summed E-state index contributed by atoms with van der Waals surface area (Å²) in [6.45, 7) is 0.903. The van der Waals surface area contributed by atoms with Crippen molar-refractivity contribution in [2.75, 3.05) is 19.8 Å². The Morgan fingerprint density at radius 2 is 2.22 bits per heavy atom. The molecule has 2 aliphatic rings. The Morgan fingerprint density at radius 3 is 2.78 bits per heavy atom. The normalized spacial score (nSPS) is 35.6. The molecule has 0 bridgehead atoms. The summed E-state index contributed by atoms with van der Waals surface area (Å²) in [7, 11) is 0. The fourth-order valence-corrected chi connectivity index (χ4v) is 2.88. The van der Waals surface area contributed by atoms with E-state index in [2.05, 4.69) is 5.32 Å². The lowest BCUT2D eigenvalue weighted by atomic mass is 9.92. The van der Waals surface area contributed by atoms with Gasteiger partial charge in [0.2, 0.25) is 5.91 Å². The van der Waals surface area contributed by atoms with Crippen LogP contribution in [0.1, 0.15) is 25.7 Å². The minimum absolute atomic E-state index is 0.0497. The van der Waals surface area contributed by atoms with Crippen molar-refractivity contribution in [1.29, 1.82) is 0 Å². The number of ether oxygens (including phenoxy) is 1. The molecule has 18 heavy (non-hydrogen) atoms. The number of rotatable bonds is 4. The summed E-state index contributed by atoms with van der Waals surface area (Å²) in [6.07, 6.45) is 3.06. The highest BCUT2D eigenvalue weighted by Gasteiger charge is 2.46. The fraction of sp³-hybridized carbons (Fsp3) is 0.833. The van der Waals surface area contributed by atoms with Crippen molar-refractivity contribution in [2.45, 2.75) is 31.2 Å². The number of carbonyl (C=O) groups excluding carboxylic acids is 1. The summed E-state index contributed by atoms with van der Waals surface area (Å²) in [4.78, 5) is 23.5. The number of nitrogens with two attached hydrogens (primary N) is 1. The number of hydrogen-bond donors (Lipinski definition) is 3. The predicted molar refractivity (Wildman–Crippen MR) is 63.8 cm³/mol. The molecule has 1 heterocycles. The molecule has 1 aliphatic carbocycles. The molecule has 6 heteroatoms. The van der Waals surface area contributed by atoms with E-state index >= 15 is 0 Å². The van der Waals surface area contributed by atoms with Gasteiger partial charge in [-0.25, -0.2) is 4.79 Å². The van der Waals surface area contributed by atoms with E-state index < -0.39 is 11.5 Å². The Hall–Kier alpha value is -1.14. The molecule has 0 aromatic rings. The molecule has 6 nitrogen and oxygen atoms in total. The molecule has 1 saturated heterocycles. The summed E-state index contributed by atoms with van der Waals surface area (Å²) in [5, 5.41) is 11.9. The van der Waals surface area contributed by atoms with Gasteiger partial charge in [-0.15, -0.1) is 0 Å². The standard InChI is InChI=1S/C12H20N2O4/c13-6-8-2-1-3-9(8)10(15)14-12(11(16)17)4-5-18-7-12/h8-9H,1-7,13H2,(H,14,15)(H,16,17). The van der Waals surface area contributed by atoms with Crippen LogP contribution in [0.2, 0.25) is 0 Å². The van der Waals surface area contributed by atoms with E-state index in [1.807, 2.05) is 0 Å². The minimum atomic E-state index is -1.24. The Kier molecular flexibility index (Phi) is 3.87. The third-order valence-corrected chi connectivity index (χ3v) is 4.09. The first kappa shape index (κ1) is 13.3. The molecule has 1 amide bonds. The van der Waals surface area contributed by atoms with Gasteiger partial charge < -0.3 is 20.9 Å². The molecule has 1 aliphatic heterocycles. The van der Waals surface area contributed by atoms with Gasteiger partial charge in [0.25, 0.3) is 0 Å². The maximum Gasteiger partial charge on any atom is 0.331 e. The van der Waals surface area contributed by atoms with E-state index in [1.165, 1.54) is 0 Å². The molecule has 0 aromatic heterocycles. The van der Waals surface area contributed by atoms with Crippen LogP contribution in [0.5, 0.6) is 0 Å². The molecule has 102 valence electrons. The predicted octanol–water partition coefficient (Wildman–Crippen LogP) is -0.279. The third kappa shape index (κ3) is 2.35. The molecule has 4 N–H and O–H groups in total. The number of carboxylic acids is 1. The zero-order chi connectivity index (χ0) is 13.2. The van der Waals surface area contributed by atoms with Crippen molar-refractivity contribution in [3.8, 4) is 0 Å². The molecule has 3 atom stereocenters. The van der Waals surface area contributed by atoms with Gasteiger partial charge in [0, 0.05) is 18.9 Å². The number of nitrogens with one attached hydrogen (secondary N) is 1. The van der Waals surface area contributed by atoms with Gasteiger partial charge in [0.15, 0.2) is 5.54 Å². The van der Waals surface area contributed by atoms with E-state index in [9.17, 15) is 14.7 Å². The minimum Gasteiger partial charge on any atom is -0.479 e. The van der Waals surface area contributed by atoms with Crippen molar-refractivity contribution in [3.05, 3.63) is 0 Å². The lowest BCUT2D eigenvalue weighted by molar-refractivity contribution is -0.148. The zero-order valence-electron chi connectivity index (χ0n) is 10.4. The Morgan fingerprint density at radius 1 is 1.44 bits per heavy atom. The van der Waals surface area contributed by atoms with Gasteiger partial charge in [-0.2, -0.15) is 0 Å². The SMILES string of the molecule is NCC1CCCC1C(=O)NC1(C(=O)O)CCOC1. The molecule has 2 fully saturated rings. The summed E-state index contributed by atoms with van der Waals surface area (Å²) in [5.41, 5.74) is 4.40. The lowest BCUT2D eigenvalue weighted by Crippen LogP contribution is -2.57. The molecule has 0 radical (unpaired) electrons. The summed E-state index contributed by atoms with van der Waals surface area (Å²) in [5.74, 6) is -1.17. The monoisotopic (exact) mass is 256 g/mol. The first-order valence-corrected chi connectivity index (χ1v) is 6.42. The second-order valence-corrected chi connectivity index (χ2v) is 5.21. The van der Waals surface area contributed by atoms with Crippen LogP contribution in [0.15, 0.2) is 0 Å². The van der Waals surface area contributed by atoms with Crippen molar-refractivity contribution in [1.82, 2.24) is 5.32 Å². The zero-order valence-corrected chi connectivity index (χ0v) is 10.4. The van der Waals surface area contributed by atoms with Crippen LogP contribution in [-0.4, -0.2) is 42.3 Å². The Balaban J connectivity index is 2.03. The van der Waals surface area contributed by atoms with Crippen LogP contribution in [0.4, 0.5) is 0 Å². The van der Waals surface area contributed by atoms with Crippen LogP contribution < -0.4 is 11.1 Å². The topological polar surface area (TPSA) is 102 Å². The van der Waals surface area contributed by atoms with Crippen molar-refractivity contribution in [2.24, 2.45) is 17.6 Å². The smallest absolute Gasteiger partial charge is 0.331 e. The molecule has 2 rings (SSSR count). The molecular formula is C12H20N2O4. The Labute approximate surface area is 106 Å². The third-order valence-electron chi connectivity index (χ3n) is 4.09. The molecule has 0 aromatic carbocycles. The van der Waals surface area contributed by atoms with Gasteiger partial charge >= 0.3 is 5.97 Å². The second kappa shape index (κ2) is 5.24. The van der Waals surface area contributed by atoms with Crippen molar-refractivity contribution >= 4 is 11.9 Å². The van der Waals surface area contributed by atoms with Crippen LogP contribution in [0.3, 0.4) is 0 Å². The van der Waals surface area contributed by atoms with Crippen LogP contribution >= 0.6 is 0 Å². The maximum atomic E-state index is 12.2. The van der Waals surface area contributed by atoms with Gasteiger partial charge in [-0.3, -0.25) is 4.79 Å². The Bertz CT molecular complexity index is 339. The number of hydrogen-bond acceptors (Lipinski definition) is 4. The fourth-order valence-electron chi connectivity index (χ4n) is 2.88. The van der Waals surface area contributed by atoms with E-state index in [1.54, 1.807) is 0 Å². The first-order chi connectivity index (χ1) is 8.59. The average Bonchev–Trinajstić information content (AvgIpc) is 2.97. The highest BCUT2D eigenvalue weighted by atomic mass is 16.5.